The van der Waals surface area contributed by atoms with Gasteiger partial charge in [0.2, 0.25) is 0 Å². The Morgan fingerprint density at radius 1 is 0.720 bits per heavy atom. The molecule has 7 heteroatoms. The van der Waals surface area contributed by atoms with Crippen molar-refractivity contribution >= 4 is 5.97 Å². The van der Waals surface area contributed by atoms with Gasteiger partial charge in [-0.05, 0) is 32.1 Å². The zero-order valence-corrected chi connectivity index (χ0v) is 16.8. The number of aliphatic carboxylic acids is 1. The van der Waals surface area contributed by atoms with Gasteiger partial charge in [0.15, 0.2) is 0 Å². The van der Waals surface area contributed by atoms with Crippen LogP contribution in [-0.4, -0.2) is 64.5 Å². The predicted octanol–water partition coefficient (Wildman–Crippen LogP) is 2.57. The molecule has 5 N–H and O–H groups in total. The zero-order valence-electron chi connectivity index (χ0n) is 16.8. The molecule has 0 aromatic heterocycles. The number of rotatable bonds is 8. The second-order valence-corrected chi connectivity index (χ2v) is 4.41. The molecule has 0 rings (SSSR count). The summed E-state index contributed by atoms with van der Waals surface area (Å²) in [6, 6.07) is 0. The summed E-state index contributed by atoms with van der Waals surface area (Å²) in [5.41, 5.74) is 0. The van der Waals surface area contributed by atoms with E-state index in [4.69, 9.17) is 30.3 Å². The first-order valence-electron chi connectivity index (χ1n) is 8.87. The molecule has 0 aliphatic carbocycles. The van der Waals surface area contributed by atoms with Crippen molar-refractivity contribution in [2.75, 3.05) is 33.0 Å². The Morgan fingerprint density at radius 3 is 1.16 bits per heavy atom. The van der Waals surface area contributed by atoms with E-state index in [2.05, 4.69) is 0 Å². The fourth-order valence-electron chi connectivity index (χ4n) is 0.292. The first-order valence-corrected chi connectivity index (χ1v) is 8.87. The molecular weight excluding hydrogens is 328 g/mol. The fourth-order valence-corrected chi connectivity index (χ4v) is 0.292. The molecule has 0 amide bonds. The van der Waals surface area contributed by atoms with E-state index in [0.717, 1.165) is 38.2 Å². The van der Waals surface area contributed by atoms with Crippen molar-refractivity contribution in [2.24, 2.45) is 0 Å². The third kappa shape index (κ3) is 127. The molecule has 0 radical (unpaired) electrons. The molecule has 156 valence electrons. The minimum Gasteiger partial charge on any atom is -0.501 e. The molecule has 0 atom stereocenters. The SMILES string of the molecule is CCCO.CCCO.CCCO.CCCO.CCCOC=CC(=O)O. The molecule has 0 spiro atoms. The third-order valence-electron chi connectivity index (χ3n) is 1.52. The van der Waals surface area contributed by atoms with Crippen LogP contribution in [0.3, 0.4) is 0 Å². The van der Waals surface area contributed by atoms with Gasteiger partial charge in [-0.1, -0.05) is 34.6 Å². The third-order valence-corrected chi connectivity index (χ3v) is 1.52. The number of aliphatic hydroxyl groups excluding tert-OH is 4. The van der Waals surface area contributed by atoms with E-state index in [9.17, 15) is 4.79 Å². The maximum Gasteiger partial charge on any atom is 0.331 e. The lowest BCUT2D eigenvalue weighted by Gasteiger charge is -1.92. The van der Waals surface area contributed by atoms with Crippen LogP contribution in [0.1, 0.15) is 66.7 Å². The number of hydrogen-bond acceptors (Lipinski definition) is 6. The summed E-state index contributed by atoms with van der Waals surface area (Å²) in [5.74, 6) is -0.980. The second-order valence-electron chi connectivity index (χ2n) is 4.41. The smallest absolute Gasteiger partial charge is 0.331 e. The fraction of sp³-hybridized carbons (Fsp3) is 0.833. The average molecular weight is 371 g/mol. The van der Waals surface area contributed by atoms with Crippen molar-refractivity contribution in [1.82, 2.24) is 0 Å². The minimum atomic E-state index is -0.980. The largest absolute Gasteiger partial charge is 0.501 e. The van der Waals surface area contributed by atoms with Gasteiger partial charge in [0, 0.05) is 26.4 Å². The monoisotopic (exact) mass is 370 g/mol. The topological polar surface area (TPSA) is 127 Å². The number of carboxylic acid groups (broad SMARTS) is 1. The van der Waals surface area contributed by atoms with E-state index in [0.29, 0.717) is 33.0 Å². The van der Waals surface area contributed by atoms with Gasteiger partial charge in [-0.25, -0.2) is 4.79 Å². The minimum absolute atomic E-state index is 0.319. The molecule has 0 saturated carbocycles. The van der Waals surface area contributed by atoms with E-state index < -0.39 is 5.97 Å². The number of ether oxygens (including phenoxy) is 1. The molecule has 0 fully saturated rings. The molecule has 7 nitrogen and oxygen atoms in total. The van der Waals surface area contributed by atoms with Gasteiger partial charge < -0.3 is 30.3 Å². The first kappa shape index (κ1) is 35.0. The summed E-state index contributed by atoms with van der Waals surface area (Å²) in [4.78, 5) is 9.80. The lowest BCUT2D eigenvalue weighted by molar-refractivity contribution is -0.131. The maximum absolute atomic E-state index is 9.80. The Balaban J connectivity index is -0.0000000714. The Kier molecular flexibility index (Phi) is 69.3. The summed E-state index contributed by atoms with van der Waals surface area (Å²) in [6.07, 6.45) is 6.55. The molecule has 0 heterocycles. The van der Waals surface area contributed by atoms with Crippen molar-refractivity contribution in [3.63, 3.8) is 0 Å². The highest BCUT2D eigenvalue weighted by molar-refractivity contribution is 5.79. The van der Waals surface area contributed by atoms with Crippen LogP contribution in [0, 0.1) is 0 Å². The summed E-state index contributed by atoms with van der Waals surface area (Å²) in [7, 11) is 0. The van der Waals surface area contributed by atoms with Crippen molar-refractivity contribution in [3.05, 3.63) is 12.3 Å². The van der Waals surface area contributed by atoms with E-state index in [1.807, 2.05) is 34.6 Å². The summed E-state index contributed by atoms with van der Waals surface area (Å²) in [6.45, 7) is 11.5. The predicted molar refractivity (Wildman–Crippen MR) is 103 cm³/mol. The Bertz CT molecular complexity index is 186. The van der Waals surface area contributed by atoms with Crippen LogP contribution in [0.15, 0.2) is 12.3 Å². The molecule has 0 aliphatic rings. The molecular formula is C18H42O7. The molecule has 0 aliphatic heterocycles. The molecule has 0 unspecified atom stereocenters. The van der Waals surface area contributed by atoms with Gasteiger partial charge in [-0.3, -0.25) is 0 Å². The van der Waals surface area contributed by atoms with E-state index in [-0.39, 0.29) is 0 Å². The highest BCUT2D eigenvalue weighted by atomic mass is 16.5. The molecule has 0 bridgehead atoms. The van der Waals surface area contributed by atoms with Crippen LogP contribution < -0.4 is 0 Å². The Morgan fingerprint density at radius 2 is 1.00 bits per heavy atom. The molecule has 25 heavy (non-hydrogen) atoms. The normalized spacial score (nSPS) is 8.36. The van der Waals surface area contributed by atoms with Gasteiger partial charge in [-0.2, -0.15) is 0 Å². The van der Waals surface area contributed by atoms with Gasteiger partial charge in [-0.15, -0.1) is 0 Å². The Hall–Kier alpha value is -1.15. The maximum atomic E-state index is 9.80. The summed E-state index contributed by atoms with van der Waals surface area (Å²) >= 11 is 0. The molecule has 0 aromatic rings. The van der Waals surface area contributed by atoms with Gasteiger partial charge >= 0.3 is 5.97 Å². The van der Waals surface area contributed by atoms with E-state index in [1.165, 1.54) is 6.26 Å². The lowest BCUT2D eigenvalue weighted by Crippen LogP contribution is -1.88. The number of carboxylic acids is 1. The summed E-state index contributed by atoms with van der Waals surface area (Å²) < 4.78 is 4.73. The van der Waals surface area contributed by atoms with Crippen LogP contribution in [0.4, 0.5) is 0 Å². The highest BCUT2D eigenvalue weighted by Crippen LogP contribution is 1.81. The van der Waals surface area contributed by atoms with Crippen LogP contribution in [0.5, 0.6) is 0 Å². The lowest BCUT2D eigenvalue weighted by atomic mass is 10.5. The number of carbonyl (C=O) groups is 1. The number of hydrogen-bond donors (Lipinski definition) is 5. The van der Waals surface area contributed by atoms with Crippen LogP contribution in [0.2, 0.25) is 0 Å². The molecule has 0 aromatic carbocycles. The van der Waals surface area contributed by atoms with Crippen molar-refractivity contribution in [2.45, 2.75) is 66.7 Å². The van der Waals surface area contributed by atoms with Gasteiger partial charge in [0.1, 0.15) is 0 Å². The first-order chi connectivity index (χ1) is 11.9. The van der Waals surface area contributed by atoms with E-state index >= 15 is 0 Å². The van der Waals surface area contributed by atoms with Crippen LogP contribution >= 0.6 is 0 Å². The van der Waals surface area contributed by atoms with Gasteiger partial charge in [0.25, 0.3) is 0 Å². The summed E-state index contributed by atoms with van der Waals surface area (Å²) in [5, 5.41) is 39.5. The van der Waals surface area contributed by atoms with Crippen molar-refractivity contribution in [3.8, 4) is 0 Å². The van der Waals surface area contributed by atoms with Crippen molar-refractivity contribution < 1.29 is 35.1 Å². The highest BCUT2D eigenvalue weighted by Gasteiger charge is 1.82. The standard InChI is InChI=1S/C6H10O3.4C3H8O/c1-2-4-9-5-3-6(7)8;4*1-2-3-4/h3,5H,2,4H2,1H3,(H,7,8);4*4H,2-3H2,1H3. The average Bonchev–Trinajstić information content (AvgIpc) is 2.65. The van der Waals surface area contributed by atoms with Crippen LogP contribution in [0.25, 0.3) is 0 Å². The van der Waals surface area contributed by atoms with Crippen LogP contribution in [-0.2, 0) is 9.53 Å². The van der Waals surface area contributed by atoms with E-state index in [1.54, 1.807) is 0 Å². The number of aliphatic hydroxyl groups is 4. The quantitative estimate of drug-likeness (QED) is 0.252. The molecule has 0 saturated heterocycles. The second kappa shape index (κ2) is 49.5. The van der Waals surface area contributed by atoms with Crippen molar-refractivity contribution in [1.29, 1.82) is 0 Å². The van der Waals surface area contributed by atoms with Gasteiger partial charge in [0.05, 0.1) is 18.9 Å². The Labute approximate surface area is 154 Å². The zero-order chi connectivity index (χ0) is 20.8.